The van der Waals surface area contributed by atoms with Crippen LogP contribution in [0.15, 0.2) is 54.6 Å². The maximum Gasteiger partial charge on any atom is 0.220 e. The van der Waals surface area contributed by atoms with Gasteiger partial charge in [0.15, 0.2) is 0 Å². The van der Waals surface area contributed by atoms with E-state index in [4.69, 9.17) is 0 Å². The second kappa shape index (κ2) is 8.50. The van der Waals surface area contributed by atoms with Gasteiger partial charge in [-0.3, -0.25) is 4.79 Å². The highest BCUT2D eigenvalue weighted by Crippen LogP contribution is 2.27. The van der Waals surface area contributed by atoms with Gasteiger partial charge in [0, 0.05) is 19.0 Å². The fourth-order valence-corrected chi connectivity index (χ4v) is 3.45. The van der Waals surface area contributed by atoms with Crippen LogP contribution in [0.1, 0.15) is 43.0 Å². The molecule has 1 amide bonds. The van der Waals surface area contributed by atoms with Gasteiger partial charge >= 0.3 is 0 Å². The Morgan fingerprint density at radius 2 is 1.80 bits per heavy atom. The quantitative estimate of drug-likeness (QED) is 0.854. The number of rotatable bonds is 5. The maximum atomic E-state index is 12.4. The first-order chi connectivity index (χ1) is 11.6. The molecule has 0 saturated heterocycles. The molecule has 3 rings (SSSR count). The van der Waals surface area contributed by atoms with Crippen molar-refractivity contribution in [2.24, 2.45) is 0 Å². The molecule has 2 N–H and O–H groups in total. The summed E-state index contributed by atoms with van der Waals surface area (Å²) in [7, 11) is 0. The molecule has 0 bridgehead atoms. The highest BCUT2D eigenvalue weighted by atomic mass is 35.5. The summed E-state index contributed by atoms with van der Waals surface area (Å²) in [5, 5.41) is 6.63. The first kappa shape index (κ1) is 19.5. The lowest BCUT2D eigenvalue weighted by Gasteiger charge is -2.28. The molecule has 2 aromatic carbocycles. The molecule has 0 radical (unpaired) electrons. The van der Waals surface area contributed by atoms with E-state index in [1.54, 1.807) is 0 Å². The first-order valence-corrected chi connectivity index (χ1v) is 8.70. The van der Waals surface area contributed by atoms with Crippen LogP contribution >= 0.6 is 12.4 Å². The highest BCUT2D eigenvalue weighted by Gasteiger charge is 2.25. The van der Waals surface area contributed by atoms with E-state index >= 15 is 0 Å². The fourth-order valence-electron chi connectivity index (χ4n) is 3.45. The van der Waals surface area contributed by atoms with Crippen molar-refractivity contribution in [3.05, 3.63) is 71.3 Å². The van der Waals surface area contributed by atoms with Gasteiger partial charge in [-0.05, 0) is 35.1 Å². The van der Waals surface area contributed by atoms with Crippen LogP contribution in [0.4, 0.5) is 0 Å². The van der Waals surface area contributed by atoms with Crippen molar-refractivity contribution in [3.8, 4) is 0 Å². The molecular weight excluding hydrogens is 332 g/mol. The minimum Gasteiger partial charge on any atom is -0.354 e. The number of fused-ring (bicyclic) bond motifs is 1. The summed E-state index contributed by atoms with van der Waals surface area (Å²) in [5.41, 5.74) is 3.73. The van der Waals surface area contributed by atoms with E-state index in [-0.39, 0.29) is 29.8 Å². The van der Waals surface area contributed by atoms with Crippen molar-refractivity contribution in [2.75, 3.05) is 13.1 Å². The summed E-state index contributed by atoms with van der Waals surface area (Å²) in [4.78, 5) is 12.4. The first-order valence-electron chi connectivity index (χ1n) is 8.70. The van der Waals surface area contributed by atoms with Gasteiger partial charge in [0.05, 0.1) is 0 Å². The minimum atomic E-state index is -0.163. The second-order valence-electron chi connectivity index (χ2n) is 7.19. The normalized spacial score (nSPS) is 16.5. The van der Waals surface area contributed by atoms with Crippen molar-refractivity contribution >= 4 is 18.3 Å². The molecular formula is C21H27ClN2O. The molecule has 2 aromatic rings. The molecule has 4 heteroatoms. The summed E-state index contributed by atoms with van der Waals surface area (Å²) in [6.07, 6.45) is 1.55. The lowest BCUT2D eigenvalue weighted by molar-refractivity contribution is -0.122. The number of carbonyl (C=O) groups excluding carboxylic acids is 1. The summed E-state index contributed by atoms with van der Waals surface area (Å²) in [5.74, 6) is 0.105. The Morgan fingerprint density at radius 1 is 1.12 bits per heavy atom. The van der Waals surface area contributed by atoms with Gasteiger partial charge in [0.2, 0.25) is 5.91 Å². The largest absolute Gasteiger partial charge is 0.354 e. The number of benzene rings is 2. The topological polar surface area (TPSA) is 41.1 Å². The summed E-state index contributed by atoms with van der Waals surface area (Å²) >= 11 is 0. The highest BCUT2D eigenvalue weighted by molar-refractivity contribution is 5.85. The van der Waals surface area contributed by atoms with E-state index < -0.39 is 0 Å². The SMILES string of the molecule is CC(C)(CC(=O)NCC1NCCc2ccccc21)c1ccccc1.Cl. The molecule has 0 aromatic heterocycles. The van der Waals surface area contributed by atoms with E-state index in [9.17, 15) is 4.79 Å². The van der Waals surface area contributed by atoms with E-state index in [0.717, 1.165) is 13.0 Å². The van der Waals surface area contributed by atoms with E-state index in [0.29, 0.717) is 13.0 Å². The zero-order valence-electron chi connectivity index (χ0n) is 14.9. The van der Waals surface area contributed by atoms with Crippen LogP contribution in [0.5, 0.6) is 0 Å². The Kier molecular flexibility index (Phi) is 6.63. The van der Waals surface area contributed by atoms with Crippen LogP contribution in [-0.2, 0) is 16.6 Å². The van der Waals surface area contributed by atoms with Crippen molar-refractivity contribution in [1.82, 2.24) is 10.6 Å². The zero-order valence-corrected chi connectivity index (χ0v) is 15.7. The van der Waals surface area contributed by atoms with Crippen molar-refractivity contribution in [1.29, 1.82) is 0 Å². The van der Waals surface area contributed by atoms with Crippen LogP contribution in [-0.4, -0.2) is 19.0 Å². The zero-order chi connectivity index (χ0) is 17.0. The summed E-state index contributed by atoms with van der Waals surface area (Å²) in [6, 6.07) is 18.9. The van der Waals surface area contributed by atoms with Gasteiger partial charge in [-0.1, -0.05) is 68.4 Å². The number of carbonyl (C=O) groups is 1. The van der Waals surface area contributed by atoms with E-state index in [2.05, 4.69) is 60.9 Å². The summed E-state index contributed by atoms with van der Waals surface area (Å²) in [6.45, 7) is 5.85. The Bertz CT molecular complexity index is 700. The Morgan fingerprint density at radius 3 is 2.56 bits per heavy atom. The van der Waals surface area contributed by atoms with Crippen LogP contribution in [0, 0.1) is 0 Å². The molecule has 1 unspecified atom stereocenters. The van der Waals surface area contributed by atoms with Crippen molar-refractivity contribution in [2.45, 2.75) is 38.1 Å². The molecule has 134 valence electrons. The Balaban J connectivity index is 0.00000225. The fraction of sp³-hybridized carbons (Fsp3) is 0.381. The van der Waals surface area contributed by atoms with E-state index in [1.165, 1.54) is 16.7 Å². The molecule has 1 heterocycles. The number of halogens is 1. The van der Waals surface area contributed by atoms with Crippen molar-refractivity contribution in [3.63, 3.8) is 0 Å². The van der Waals surface area contributed by atoms with E-state index in [1.807, 2.05) is 18.2 Å². The standard InChI is InChI=1S/C21H26N2O.ClH/c1-21(2,17-9-4-3-5-10-17)14-20(24)23-15-19-18-11-7-6-8-16(18)12-13-22-19;/h3-11,19,22H,12-15H2,1-2H3,(H,23,24);1H. The lowest BCUT2D eigenvalue weighted by Crippen LogP contribution is -2.40. The third kappa shape index (κ3) is 4.83. The van der Waals surface area contributed by atoms with Crippen molar-refractivity contribution < 1.29 is 4.79 Å². The molecule has 1 aliphatic heterocycles. The second-order valence-corrected chi connectivity index (χ2v) is 7.19. The molecule has 0 fully saturated rings. The molecule has 0 aliphatic carbocycles. The molecule has 0 saturated carbocycles. The average molecular weight is 359 g/mol. The van der Waals surface area contributed by atoms with Crippen LogP contribution in [0.2, 0.25) is 0 Å². The van der Waals surface area contributed by atoms with Gasteiger partial charge in [-0.25, -0.2) is 0 Å². The van der Waals surface area contributed by atoms with Crippen LogP contribution < -0.4 is 10.6 Å². The Hall–Kier alpha value is -1.84. The maximum absolute atomic E-state index is 12.4. The third-order valence-corrected chi connectivity index (χ3v) is 4.88. The van der Waals surface area contributed by atoms with Crippen LogP contribution in [0.25, 0.3) is 0 Å². The predicted octanol–water partition coefficient (Wildman–Crippen LogP) is 3.78. The predicted molar refractivity (Wildman–Crippen MR) is 105 cm³/mol. The number of hydrogen-bond acceptors (Lipinski definition) is 2. The van der Waals surface area contributed by atoms with Crippen LogP contribution in [0.3, 0.4) is 0 Å². The molecule has 0 spiro atoms. The molecule has 1 atom stereocenters. The molecule has 3 nitrogen and oxygen atoms in total. The average Bonchev–Trinajstić information content (AvgIpc) is 2.60. The smallest absolute Gasteiger partial charge is 0.220 e. The van der Waals surface area contributed by atoms with Gasteiger partial charge in [-0.15, -0.1) is 12.4 Å². The van der Waals surface area contributed by atoms with Gasteiger partial charge < -0.3 is 10.6 Å². The molecule has 1 aliphatic rings. The van der Waals surface area contributed by atoms with Gasteiger partial charge in [0.25, 0.3) is 0 Å². The van der Waals surface area contributed by atoms with Gasteiger partial charge in [-0.2, -0.15) is 0 Å². The Labute approximate surface area is 156 Å². The number of amides is 1. The monoisotopic (exact) mass is 358 g/mol. The number of hydrogen-bond donors (Lipinski definition) is 2. The minimum absolute atomic E-state index is 0. The summed E-state index contributed by atoms with van der Waals surface area (Å²) < 4.78 is 0. The third-order valence-electron chi connectivity index (χ3n) is 4.88. The number of nitrogens with one attached hydrogen (secondary N) is 2. The lowest BCUT2D eigenvalue weighted by atomic mass is 9.81. The molecule has 25 heavy (non-hydrogen) atoms. The van der Waals surface area contributed by atoms with Gasteiger partial charge in [0.1, 0.15) is 0 Å².